The average Bonchev–Trinajstić information content (AvgIpc) is 2.84. The number of benzene rings is 1. The topological polar surface area (TPSA) is 38.2 Å². The largest absolute Gasteiger partial charge is 0.492 e. The van der Waals surface area contributed by atoms with Crippen molar-refractivity contribution in [3.8, 4) is 16.9 Å². The molecule has 0 N–H and O–H groups in total. The molecule has 0 amide bonds. The summed E-state index contributed by atoms with van der Waals surface area (Å²) in [6.45, 7) is 3.35. The minimum Gasteiger partial charge on any atom is -0.492 e. The van der Waals surface area contributed by atoms with Crippen LogP contribution in [0, 0.1) is 0 Å². The van der Waals surface area contributed by atoms with Gasteiger partial charge < -0.3 is 4.74 Å². The first-order valence-electron chi connectivity index (χ1n) is 8.16. The highest BCUT2D eigenvalue weighted by Crippen LogP contribution is 2.27. The Morgan fingerprint density at radius 1 is 0.958 bits per heavy atom. The molecule has 0 radical (unpaired) electrons. The highest BCUT2D eigenvalue weighted by atomic mass is 16.5. The van der Waals surface area contributed by atoms with E-state index in [1.54, 1.807) is 6.20 Å². The number of nitrogens with zero attached hydrogens (tertiary/aromatic N) is 3. The van der Waals surface area contributed by atoms with Crippen LogP contribution in [0.15, 0.2) is 67.3 Å². The second kappa shape index (κ2) is 6.81. The standard InChI is InChI=1S/C20H19N3O/c1-2-4-19(16-5-8-21-9-6-16)17(3-1)14-23-11-12-24-20-7-10-22-13-18(20)15-23/h1-10,13H,11-12,14-15H2. The van der Waals surface area contributed by atoms with E-state index >= 15 is 0 Å². The summed E-state index contributed by atoms with van der Waals surface area (Å²) in [6.07, 6.45) is 7.37. The molecule has 4 rings (SSSR count). The molecule has 120 valence electrons. The Morgan fingerprint density at radius 2 is 1.79 bits per heavy atom. The number of hydrogen-bond acceptors (Lipinski definition) is 4. The van der Waals surface area contributed by atoms with Gasteiger partial charge >= 0.3 is 0 Å². The predicted molar refractivity (Wildman–Crippen MR) is 93.5 cm³/mol. The predicted octanol–water partition coefficient (Wildman–Crippen LogP) is 3.54. The van der Waals surface area contributed by atoms with Gasteiger partial charge in [0, 0.05) is 50.0 Å². The van der Waals surface area contributed by atoms with Crippen molar-refractivity contribution in [1.29, 1.82) is 0 Å². The van der Waals surface area contributed by atoms with E-state index in [0.29, 0.717) is 6.61 Å². The molecule has 1 aliphatic rings. The summed E-state index contributed by atoms with van der Waals surface area (Å²) in [4.78, 5) is 10.8. The van der Waals surface area contributed by atoms with Gasteiger partial charge in [-0.05, 0) is 34.9 Å². The van der Waals surface area contributed by atoms with Gasteiger partial charge in [-0.15, -0.1) is 0 Å². The average molecular weight is 317 g/mol. The Morgan fingerprint density at radius 3 is 2.71 bits per heavy atom. The number of aromatic nitrogens is 2. The number of ether oxygens (including phenoxy) is 1. The fourth-order valence-electron chi connectivity index (χ4n) is 3.13. The first kappa shape index (κ1) is 14.8. The number of rotatable bonds is 3. The first-order valence-corrected chi connectivity index (χ1v) is 8.16. The van der Waals surface area contributed by atoms with Crippen LogP contribution in [0.2, 0.25) is 0 Å². The third kappa shape index (κ3) is 3.14. The molecule has 24 heavy (non-hydrogen) atoms. The fourth-order valence-corrected chi connectivity index (χ4v) is 3.13. The molecule has 3 heterocycles. The summed E-state index contributed by atoms with van der Waals surface area (Å²) in [5, 5.41) is 0. The lowest BCUT2D eigenvalue weighted by Crippen LogP contribution is -2.25. The molecule has 3 aromatic rings. The van der Waals surface area contributed by atoms with Crippen LogP contribution in [-0.4, -0.2) is 28.0 Å². The van der Waals surface area contributed by atoms with E-state index in [1.165, 1.54) is 16.7 Å². The molecule has 0 atom stereocenters. The van der Waals surface area contributed by atoms with Crippen molar-refractivity contribution >= 4 is 0 Å². The van der Waals surface area contributed by atoms with Crippen LogP contribution in [0.3, 0.4) is 0 Å². The summed E-state index contributed by atoms with van der Waals surface area (Å²) in [5.74, 6) is 0.954. The van der Waals surface area contributed by atoms with E-state index in [0.717, 1.165) is 30.9 Å². The molecule has 0 aliphatic carbocycles. The van der Waals surface area contributed by atoms with Crippen LogP contribution in [-0.2, 0) is 13.1 Å². The summed E-state index contributed by atoms with van der Waals surface area (Å²) in [7, 11) is 0. The number of pyridine rings is 2. The minimum atomic E-state index is 0.703. The van der Waals surface area contributed by atoms with Crippen LogP contribution >= 0.6 is 0 Å². The Labute approximate surface area is 141 Å². The maximum atomic E-state index is 5.84. The summed E-state index contributed by atoms with van der Waals surface area (Å²) >= 11 is 0. The van der Waals surface area contributed by atoms with E-state index in [2.05, 4.69) is 51.3 Å². The van der Waals surface area contributed by atoms with Gasteiger partial charge in [0.05, 0.1) is 0 Å². The van der Waals surface area contributed by atoms with Crippen molar-refractivity contribution in [3.63, 3.8) is 0 Å². The first-order chi connectivity index (χ1) is 11.9. The molecule has 0 saturated carbocycles. The van der Waals surface area contributed by atoms with E-state index in [4.69, 9.17) is 4.74 Å². The number of fused-ring (bicyclic) bond motifs is 1. The monoisotopic (exact) mass is 317 g/mol. The van der Waals surface area contributed by atoms with Crippen molar-refractivity contribution < 1.29 is 4.74 Å². The molecule has 4 heteroatoms. The fraction of sp³-hybridized carbons (Fsp3) is 0.200. The van der Waals surface area contributed by atoms with E-state index in [9.17, 15) is 0 Å². The van der Waals surface area contributed by atoms with Crippen LogP contribution in [0.5, 0.6) is 5.75 Å². The molecular formula is C20H19N3O. The maximum Gasteiger partial charge on any atom is 0.126 e. The molecule has 1 aromatic carbocycles. The molecular weight excluding hydrogens is 298 g/mol. The quantitative estimate of drug-likeness (QED) is 0.740. The SMILES string of the molecule is c1ccc(-c2ccncc2)c(CN2CCOc3ccncc3C2)c1. The van der Waals surface area contributed by atoms with Crippen LogP contribution in [0.4, 0.5) is 0 Å². The molecule has 0 fully saturated rings. The summed E-state index contributed by atoms with van der Waals surface area (Å²) in [5.41, 5.74) is 4.93. The number of hydrogen-bond donors (Lipinski definition) is 0. The smallest absolute Gasteiger partial charge is 0.126 e. The van der Waals surface area contributed by atoms with E-state index < -0.39 is 0 Å². The Balaban J connectivity index is 1.60. The molecule has 2 aromatic heterocycles. The molecule has 1 aliphatic heterocycles. The molecule has 0 spiro atoms. The van der Waals surface area contributed by atoms with Crippen LogP contribution < -0.4 is 4.74 Å². The Bertz CT molecular complexity index is 820. The van der Waals surface area contributed by atoms with Gasteiger partial charge in [-0.1, -0.05) is 24.3 Å². The van der Waals surface area contributed by atoms with Gasteiger partial charge in [0.15, 0.2) is 0 Å². The van der Waals surface area contributed by atoms with Gasteiger partial charge in [-0.2, -0.15) is 0 Å². The zero-order valence-corrected chi connectivity index (χ0v) is 13.4. The van der Waals surface area contributed by atoms with Gasteiger partial charge in [-0.3, -0.25) is 14.9 Å². The molecule has 0 bridgehead atoms. The minimum absolute atomic E-state index is 0.703. The zero-order chi connectivity index (χ0) is 16.2. The third-order valence-electron chi connectivity index (χ3n) is 4.32. The van der Waals surface area contributed by atoms with Crippen LogP contribution in [0.1, 0.15) is 11.1 Å². The summed E-state index contributed by atoms with van der Waals surface area (Å²) < 4.78 is 5.84. The van der Waals surface area contributed by atoms with Gasteiger partial charge in [0.1, 0.15) is 12.4 Å². The van der Waals surface area contributed by atoms with Crippen molar-refractivity contribution in [2.75, 3.05) is 13.2 Å². The molecule has 0 unspecified atom stereocenters. The van der Waals surface area contributed by atoms with Crippen molar-refractivity contribution in [1.82, 2.24) is 14.9 Å². The van der Waals surface area contributed by atoms with Gasteiger partial charge in [0.25, 0.3) is 0 Å². The lowest BCUT2D eigenvalue weighted by molar-refractivity contribution is 0.220. The lowest BCUT2D eigenvalue weighted by atomic mass is 10.00. The van der Waals surface area contributed by atoms with Crippen molar-refractivity contribution in [2.24, 2.45) is 0 Å². The maximum absolute atomic E-state index is 5.84. The second-order valence-corrected chi connectivity index (χ2v) is 5.94. The second-order valence-electron chi connectivity index (χ2n) is 5.94. The highest BCUT2D eigenvalue weighted by molar-refractivity contribution is 5.66. The Kier molecular flexibility index (Phi) is 4.21. The Hall–Kier alpha value is -2.72. The van der Waals surface area contributed by atoms with Crippen LogP contribution in [0.25, 0.3) is 11.1 Å². The third-order valence-corrected chi connectivity index (χ3v) is 4.32. The van der Waals surface area contributed by atoms with Crippen molar-refractivity contribution in [3.05, 3.63) is 78.4 Å². The lowest BCUT2D eigenvalue weighted by Gasteiger charge is -2.21. The van der Waals surface area contributed by atoms with Gasteiger partial charge in [-0.25, -0.2) is 0 Å². The molecule has 0 saturated heterocycles. The van der Waals surface area contributed by atoms with E-state index in [-0.39, 0.29) is 0 Å². The van der Waals surface area contributed by atoms with Gasteiger partial charge in [0.2, 0.25) is 0 Å². The van der Waals surface area contributed by atoms with E-state index in [1.807, 2.05) is 24.7 Å². The van der Waals surface area contributed by atoms with Crippen molar-refractivity contribution in [2.45, 2.75) is 13.1 Å². The normalized spacial score (nSPS) is 14.5. The molecule has 4 nitrogen and oxygen atoms in total. The zero-order valence-electron chi connectivity index (χ0n) is 13.4. The summed E-state index contributed by atoms with van der Waals surface area (Å²) in [6, 6.07) is 14.6. The highest BCUT2D eigenvalue weighted by Gasteiger charge is 2.16.